The Morgan fingerprint density at radius 3 is 2.20 bits per heavy atom. The quantitative estimate of drug-likeness (QED) is 0.463. The molecule has 4 aliphatic rings. The summed E-state index contributed by atoms with van der Waals surface area (Å²) in [7, 11) is 0. The Bertz CT molecular complexity index is 1290. The highest BCUT2D eigenvalue weighted by Gasteiger charge is 2.61. The Labute approximate surface area is 207 Å². The molecular formula is C32H31FN2. The molecule has 0 saturated carbocycles. The standard InChI is InChI=1S/C32H31FN2/c1-31-22-10-9-15-29(31)35(26-13-7-4-8-14-26)30-21-20-28(23-32(30,31)2)34(25-11-5-3-6-12-25)27-18-16-24(33)17-19-27/h3-16,18-24,29-30H,17H2,1-2H3/t24?,29?,30?,31?,32-/m1/s1. The molecule has 176 valence electrons. The van der Waals surface area contributed by atoms with Gasteiger partial charge in [0.2, 0.25) is 0 Å². The van der Waals surface area contributed by atoms with Gasteiger partial charge in [0.15, 0.2) is 0 Å². The lowest BCUT2D eigenvalue weighted by atomic mass is 9.59. The van der Waals surface area contributed by atoms with Gasteiger partial charge in [-0.3, -0.25) is 0 Å². The van der Waals surface area contributed by atoms with Crippen LogP contribution in [-0.2, 0) is 0 Å². The first-order chi connectivity index (χ1) is 17.0. The predicted molar refractivity (Wildman–Crippen MR) is 144 cm³/mol. The van der Waals surface area contributed by atoms with E-state index in [9.17, 15) is 4.39 Å². The molecule has 0 amide bonds. The van der Waals surface area contributed by atoms with Crippen molar-refractivity contribution in [2.45, 2.75) is 38.5 Å². The van der Waals surface area contributed by atoms with Crippen molar-refractivity contribution >= 4 is 11.4 Å². The molecule has 2 aromatic rings. The molecule has 1 saturated heterocycles. The summed E-state index contributed by atoms with van der Waals surface area (Å²) in [5, 5.41) is 0. The predicted octanol–water partition coefficient (Wildman–Crippen LogP) is 7.52. The molecule has 6 rings (SSSR count). The van der Waals surface area contributed by atoms with Gasteiger partial charge in [0.25, 0.3) is 0 Å². The van der Waals surface area contributed by atoms with Crippen molar-refractivity contribution in [3.8, 4) is 0 Å². The van der Waals surface area contributed by atoms with Crippen molar-refractivity contribution in [2.75, 3.05) is 9.80 Å². The van der Waals surface area contributed by atoms with Gasteiger partial charge in [-0.1, -0.05) is 92.8 Å². The minimum absolute atomic E-state index is 0.0958. The number of fused-ring (bicyclic) bond motifs is 3. The zero-order chi connectivity index (χ0) is 24.0. The number of hydrogen-bond donors (Lipinski definition) is 0. The summed E-state index contributed by atoms with van der Waals surface area (Å²) in [4.78, 5) is 4.84. The second-order valence-electron chi connectivity index (χ2n) is 10.3. The fraction of sp³-hybridized carbons (Fsp3) is 0.250. The van der Waals surface area contributed by atoms with Crippen molar-refractivity contribution in [3.63, 3.8) is 0 Å². The average Bonchev–Trinajstić information content (AvgIpc) is 3.10. The fourth-order valence-electron chi connectivity index (χ4n) is 6.30. The molecule has 35 heavy (non-hydrogen) atoms. The maximum Gasteiger partial charge on any atom is 0.122 e. The molecule has 5 atom stereocenters. The summed E-state index contributed by atoms with van der Waals surface area (Å²) in [5.41, 5.74) is 4.21. The van der Waals surface area contributed by atoms with Gasteiger partial charge < -0.3 is 9.80 Å². The highest BCUT2D eigenvalue weighted by atomic mass is 19.1. The van der Waals surface area contributed by atoms with E-state index in [-0.39, 0.29) is 22.9 Å². The van der Waals surface area contributed by atoms with E-state index in [1.54, 1.807) is 6.08 Å². The molecule has 1 aliphatic heterocycles. The van der Waals surface area contributed by atoms with Crippen molar-refractivity contribution in [2.24, 2.45) is 10.8 Å². The van der Waals surface area contributed by atoms with Crippen LogP contribution >= 0.6 is 0 Å². The summed E-state index contributed by atoms with van der Waals surface area (Å²) in [6, 6.07) is 21.6. The van der Waals surface area contributed by atoms with Gasteiger partial charge in [0.05, 0.1) is 12.1 Å². The van der Waals surface area contributed by atoms with Crippen molar-refractivity contribution < 1.29 is 4.39 Å². The molecule has 0 radical (unpaired) electrons. The van der Waals surface area contributed by atoms with Gasteiger partial charge in [-0.2, -0.15) is 0 Å². The largest absolute Gasteiger partial charge is 0.357 e. The number of hydrogen-bond acceptors (Lipinski definition) is 2. The van der Waals surface area contributed by atoms with E-state index in [2.05, 4.69) is 121 Å². The van der Waals surface area contributed by atoms with Crippen molar-refractivity contribution in [1.29, 1.82) is 0 Å². The molecule has 0 N–H and O–H groups in total. The van der Waals surface area contributed by atoms with Crippen LogP contribution in [0.2, 0.25) is 0 Å². The number of rotatable bonds is 4. The van der Waals surface area contributed by atoms with Crippen LogP contribution in [0, 0.1) is 10.8 Å². The minimum atomic E-state index is -0.915. The molecule has 1 heterocycles. The van der Waals surface area contributed by atoms with Crippen LogP contribution in [0.4, 0.5) is 15.8 Å². The highest BCUT2D eigenvalue weighted by Crippen LogP contribution is 2.60. The number of halogens is 1. The van der Waals surface area contributed by atoms with Gasteiger partial charge in [0.1, 0.15) is 6.17 Å². The highest BCUT2D eigenvalue weighted by molar-refractivity contribution is 5.66. The number of nitrogens with zero attached hydrogens (tertiary/aromatic N) is 2. The zero-order valence-corrected chi connectivity index (χ0v) is 20.3. The summed E-state index contributed by atoms with van der Waals surface area (Å²) in [5.74, 6) is 0. The molecular weight excluding hydrogens is 431 g/mol. The summed E-state index contributed by atoms with van der Waals surface area (Å²) in [6.07, 6.45) is 21.3. The monoisotopic (exact) mass is 462 g/mol. The fourth-order valence-corrected chi connectivity index (χ4v) is 6.30. The van der Waals surface area contributed by atoms with Gasteiger partial charge >= 0.3 is 0 Å². The van der Waals surface area contributed by atoms with Crippen molar-refractivity contribution in [3.05, 3.63) is 133 Å². The van der Waals surface area contributed by atoms with Gasteiger partial charge in [-0.15, -0.1) is 0 Å². The third-order valence-corrected chi connectivity index (χ3v) is 8.35. The summed E-state index contributed by atoms with van der Waals surface area (Å²) in [6.45, 7) is 4.79. The van der Waals surface area contributed by atoms with Gasteiger partial charge in [0, 0.05) is 40.0 Å². The lowest BCUT2D eigenvalue weighted by Gasteiger charge is -2.44. The number of anilines is 2. The lowest BCUT2D eigenvalue weighted by molar-refractivity contribution is 0.216. The number of para-hydroxylation sites is 2. The average molecular weight is 463 g/mol. The molecule has 0 bridgehead atoms. The van der Waals surface area contributed by atoms with Crippen LogP contribution in [-0.4, -0.2) is 18.3 Å². The van der Waals surface area contributed by atoms with Crippen molar-refractivity contribution in [1.82, 2.24) is 0 Å². The Hall–Kier alpha value is -3.59. The molecule has 3 heteroatoms. The first kappa shape index (κ1) is 21.9. The van der Waals surface area contributed by atoms with Crippen LogP contribution in [0.3, 0.4) is 0 Å². The minimum Gasteiger partial charge on any atom is -0.357 e. The van der Waals surface area contributed by atoms with E-state index in [4.69, 9.17) is 0 Å². The SMILES string of the molecule is CC12C=CC=CC1N(c1ccccc1)C1C=CC(N(C3=CCC(F)C=C3)c3ccccc3)=C[C@]12C. The van der Waals surface area contributed by atoms with E-state index in [1.165, 1.54) is 5.69 Å². The first-order valence-corrected chi connectivity index (χ1v) is 12.5. The molecule has 2 nitrogen and oxygen atoms in total. The number of alkyl halides is 1. The molecule has 2 aromatic carbocycles. The topological polar surface area (TPSA) is 6.48 Å². The van der Waals surface area contributed by atoms with E-state index < -0.39 is 6.17 Å². The van der Waals surface area contributed by atoms with Crippen LogP contribution in [0.25, 0.3) is 0 Å². The molecule has 1 fully saturated rings. The summed E-state index contributed by atoms with van der Waals surface area (Å²) < 4.78 is 13.9. The van der Waals surface area contributed by atoms with Crippen LogP contribution in [0.5, 0.6) is 0 Å². The number of allylic oxidation sites excluding steroid dienone is 6. The second-order valence-corrected chi connectivity index (χ2v) is 10.3. The molecule has 4 unspecified atom stereocenters. The Kier molecular flexibility index (Phi) is 5.17. The summed E-state index contributed by atoms with van der Waals surface area (Å²) >= 11 is 0. The maximum atomic E-state index is 13.9. The number of benzene rings is 2. The molecule has 0 aromatic heterocycles. The first-order valence-electron chi connectivity index (χ1n) is 12.5. The van der Waals surface area contributed by atoms with Gasteiger partial charge in [-0.05, 0) is 42.5 Å². The second kappa shape index (κ2) is 8.27. The maximum absolute atomic E-state index is 13.9. The Morgan fingerprint density at radius 1 is 0.800 bits per heavy atom. The normalized spacial score (nSPS) is 32.7. The lowest BCUT2D eigenvalue weighted by Crippen LogP contribution is -2.42. The van der Waals surface area contributed by atoms with E-state index in [1.807, 2.05) is 18.2 Å². The third-order valence-electron chi connectivity index (χ3n) is 8.35. The van der Waals surface area contributed by atoms with E-state index >= 15 is 0 Å². The van der Waals surface area contributed by atoms with Crippen LogP contribution < -0.4 is 9.80 Å². The third kappa shape index (κ3) is 3.36. The molecule has 0 spiro atoms. The Morgan fingerprint density at radius 2 is 1.49 bits per heavy atom. The van der Waals surface area contributed by atoms with E-state index in [0.717, 1.165) is 17.1 Å². The van der Waals surface area contributed by atoms with E-state index in [0.29, 0.717) is 6.42 Å². The van der Waals surface area contributed by atoms with Crippen LogP contribution in [0.15, 0.2) is 133 Å². The Balaban J connectivity index is 1.49. The van der Waals surface area contributed by atoms with Crippen LogP contribution in [0.1, 0.15) is 20.3 Å². The zero-order valence-electron chi connectivity index (χ0n) is 20.3. The smallest absolute Gasteiger partial charge is 0.122 e. The molecule has 3 aliphatic carbocycles. The van der Waals surface area contributed by atoms with Gasteiger partial charge in [-0.25, -0.2) is 4.39 Å².